The van der Waals surface area contributed by atoms with Crippen LogP contribution in [0.4, 0.5) is 0 Å². The van der Waals surface area contributed by atoms with Gasteiger partial charge in [0.1, 0.15) is 5.75 Å². The molecule has 0 atom stereocenters. The molecule has 0 aliphatic carbocycles. The van der Waals surface area contributed by atoms with Gasteiger partial charge in [0.05, 0.1) is 5.56 Å². The van der Waals surface area contributed by atoms with E-state index >= 15 is 0 Å². The van der Waals surface area contributed by atoms with Gasteiger partial charge < -0.3 is 5.11 Å². The highest BCUT2D eigenvalue weighted by Gasteiger charge is 2.16. The average molecular weight is 402 g/mol. The van der Waals surface area contributed by atoms with Gasteiger partial charge in [-0.05, 0) is 29.0 Å². The molecule has 0 saturated carbocycles. The maximum absolute atomic E-state index is 12.8. The fraction of sp³-hybridized carbons (Fsp3) is 0. The van der Waals surface area contributed by atoms with E-state index in [4.69, 9.17) is 0 Å². The Morgan fingerprint density at radius 3 is 2.36 bits per heavy atom. The lowest BCUT2D eigenvalue weighted by molar-refractivity contribution is 0.104. The Morgan fingerprint density at radius 2 is 1.59 bits per heavy atom. The summed E-state index contributed by atoms with van der Waals surface area (Å²) in [5, 5.41) is 11.5. The first-order chi connectivity index (χ1) is 10.6. The van der Waals surface area contributed by atoms with Crippen LogP contribution in [0.15, 0.2) is 60.7 Å². The van der Waals surface area contributed by atoms with Crippen LogP contribution in [0.25, 0.3) is 10.8 Å². The van der Waals surface area contributed by atoms with E-state index in [1.54, 1.807) is 28.7 Å². The molecule has 1 N–H and O–H groups in total. The van der Waals surface area contributed by atoms with Crippen LogP contribution in [0.3, 0.4) is 0 Å². The van der Waals surface area contributed by atoms with Crippen LogP contribution in [-0.4, -0.2) is 14.7 Å². The lowest BCUT2D eigenvalue weighted by Crippen LogP contribution is -2.03. The van der Waals surface area contributed by atoms with Gasteiger partial charge in [-0.1, -0.05) is 42.5 Å². The molecule has 3 aromatic carbocycles. The number of phenols is 1. The molecule has 0 aliphatic rings. The first-order valence-electron chi connectivity index (χ1n) is 6.63. The molecule has 3 rings (SSSR count). The van der Waals surface area contributed by atoms with Gasteiger partial charge in [-0.25, -0.2) is 0 Å². The highest BCUT2D eigenvalue weighted by molar-refractivity contribution is 14.1. The molecule has 0 radical (unpaired) electrons. The monoisotopic (exact) mass is 402 g/mol. The second-order valence-corrected chi connectivity index (χ2v) is 5.84. The van der Waals surface area contributed by atoms with E-state index in [9.17, 15) is 14.7 Å². The van der Waals surface area contributed by atoms with E-state index in [1.165, 1.54) is 18.2 Å². The molecule has 3 aromatic rings. The number of hydrogen-bond acceptors (Lipinski definition) is 3. The molecule has 0 aliphatic heterocycles. The maximum Gasteiger partial charge on any atom is 0.226 e. The second kappa shape index (κ2) is 5.88. The minimum absolute atomic E-state index is 0.117. The molecule has 0 saturated heterocycles. The molecule has 0 unspecified atom stereocenters. The van der Waals surface area contributed by atoms with Crippen LogP contribution in [-0.2, 0) is 0 Å². The summed E-state index contributed by atoms with van der Waals surface area (Å²) < 4.78 is -0.303. The Morgan fingerprint density at radius 1 is 0.864 bits per heavy atom. The van der Waals surface area contributed by atoms with Crippen molar-refractivity contribution in [3.05, 3.63) is 77.4 Å². The van der Waals surface area contributed by atoms with Gasteiger partial charge in [0.15, 0.2) is 5.78 Å². The summed E-state index contributed by atoms with van der Waals surface area (Å²) in [6.07, 6.45) is 0. The van der Waals surface area contributed by atoms with Gasteiger partial charge in [-0.15, -0.1) is 0 Å². The lowest BCUT2D eigenvalue weighted by atomic mass is 9.96. The number of phenolic OH excluding ortho intramolecular Hbond substituents is 1. The zero-order valence-corrected chi connectivity index (χ0v) is 13.6. The van der Waals surface area contributed by atoms with Crippen molar-refractivity contribution in [2.45, 2.75) is 0 Å². The van der Waals surface area contributed by atoms with Crippen molar-refractivity contribution >= 4 is 42.9 Å². The molecule has 0 fully saturated rings. The topological polar surface area (TPSA) is 54.4 Å². The van der Waals surface area contributed by atoms with Crippen LogP contribution < -0.4 is 0 Å². The van der Waals surface area contributed by atoms with Crippen molar-refractivity contribution in [1.29, 1.82) is 0 Å². The average Bonchev–Trinajstić information content (AvgIpc) is 2.54. The van der Waals surface area contributed by atoms with Crippen molar-refractivity contribution < 1.29 is 14.7 Å². The number of ketones is 1. The van der Waals surface area contributed by atoms with Gasteiger partial charge in [-0.2, -0.15) is 0 Å². The van der Waals surface area contributed by atoms with Crippen molar-refractivity contribution in [2.75, 3.05) is 0 Å². The van der Waals surface area contributed by atoms with Crippen LogP contribution >= 0.6 is 22.6 Å². The van der Waals surface area contributed by atoms with Crippen LogP contribution in [0.5, 0.6) is 5.75 Å². The minimum atomic E-state index is -0.303. The fourth-order valence-electron chi connectivity index (χ4n) is 2.41. The number of benzene rings is 3. The smallest absolute Gasteiger partial charge is 0.226 e. The number of carbonyl (C=O) groups is 2. The Hall–Kier alpha value is -2.21. The number of hydrogen-bond donors (Lipinski definition) is 1. The van der Waals surface area contributed by atoms with Crippen LogP contribution in [0.1, 0.15) is 26.3 Å². The van der Waals surface area contributed by atoms with E-state index in [0.29, 0.717) is 11.1 Å². The first-order valence-corrected chi connectivity index (χ1v) is 7.71. The van der Waals surface area contributed by atoms with E-state index in [-0.39, 0.29) is 20.9 Å². The molecule has 0 heterocycles. The standard InChI is InChI=1S/C18H11IO3/c19-18(22)15-10-12(8-9-16(15)20)17(21)14-7-3-5-11-4-1-2-6-13(11)14/h1-10,20H. The highest BCUT2D eigenvalue weighted by Crippen LogP contribution is 2.25. The largest absolute Gasteiger partial charge is 0.507 e. The zero-order valence-electron chi connectivity index (χ0n) is 11.4. The Balaban J connectivity index is 2.14. The summed E-state index contributed by atoms with van der Waals surface area (Å²) >= 11 is 1.59. The molecular formula is C18H11IO3. The number of carbonyl (C=O) groups excluding carboxylic acids is 2. The summed E-state index contributed by atoms with van der Waals surface area (Å²) in [5.41, 5.74) is 1.11. The van der Waals surface area contributed by atoms with E-state index in [2.05, 4.69) is 0 Å². The summed E-state index contributed by atoms with van der Waals surface area (Å²) in [4.78, 5) is 24.3. The van der Waals surface area contributed by atoms with Gasteiger partial charge in [0.2, 0.25) is 3.79 Å². The summed E-state index contributed by atoms with van der Waals surface area (Å²) in [6, 6.07) is 17.5. The van der Waals surface area contributed by atoms with Gasteiger partial charge in [0.25, 0.3) is 0 Å². The number of rotatable bonds is 3. The predicted molar refractivity (Wildman–Crippen MR) is 93.8 cm³/mol. The van der Waals surface area contributed by atoms with Crippen molar-refractivity contribution in [3.8, 4) is 5.75 Å². The summed E-state index contributed by atoms with van der Waals surface area (Å²) in [5.74, 6) is -0.287. The third-order valence-electron chi connectivity index (χ3n) is 3.50. The molecule has 0 spiro atoms. The molecule has 4 heteroatoms. The quantitative estimate of drug-likeness (QED) is 0.403. The van der Waals surface area contributed by atoms with Crippen LogP contribution in [0.2, 0.25) is 0 Å². The zero-order chi connectivity index (χ0) is 15.7. The SMILES string of the molecule is O=C(I)c1cc(C(=O)c2cccc3ccccc23)ccc1O. The molecule has 0 amide bonds. The predicted octanol–water partition coefficient (Wildman–Crippen LogP) is 4.35. The Bertz CT molecular complexity index is 894. The number of fused-ring (bicyclic) bond motifs is 1. The molecule has 3 nitrogen and oxygen atoms in total. The molecular weight excluding hydrogens is 391 g/mol. The van der Waals surface area contributed by atoms with E-state index in [0.717, 1.165) is 10.8 Å². The third kappa shape index (κ3) is 2.62. The van der Waals surface area contributed by atoms with Crippen molar-refractivity contribution in [2.24, 2.45) is 0 Å². The molecule has 0 aromatic heterocycles. The van der Waals surface area contributed by atoms with E-state index in [1.807, 2.05) is 36.4 Å². The third-order valence-corrected chi connectivity index (χ3v) is 4.09. The number of halogens is 1. The van der Waals surface area contributed by atoms with Crippen molar-refractivity contribution in [3.63, 3.8) is 0 Å². The lowest BCUT2D eigenvalue weighted by Gasteiger charge is -2.07. The number of aromatic hydroxyl groups is 1. The highest BCUT2D eigenvalue weighted by atomic mass is 127. The van der Waals surface area contributed by atoms with Gasteiger partial charge in [0, 0.05) is 33.7 Å². The molecule has 0 bridgehead atoms. The minimum Gasteiger partial charge on any atom is -0.507 e. The van der Waals surface area contributed by atoms with E-state index < -0.39 is 0 Å². The molecule has 108 valence electrons. The van der Waals surface area contributed by atoms with Gasteiger partial charge >= 0.3 is 0 Å². The van der Waals surface area contributed by atoms with Gasteiger partial charge in [-0.3, -0.25) is 9.59 Å². The fourth-order valence-corrected chi connectivity index (χ4v) is 2.85. The summed E-state index contributed by atoms with van der Waals surface area (Å²) in [7, 11) is 0. The van der Waals surface area contributed by atoms with Crippen LogP contribution in [0, 0.1) is 0 Å². The first kappa shape index (κ1) is 14.7. The maximum atomic E-state index is 12.8. The summed E-state index contributed by atoms with van der Waals surface area (Å²) in [6.45, 7) is 0. The molecule has 22 heavy (non-hydrogen) atoms. The Kier molecular flexibility index (Phi) is 3.94. The van der Waals surface area contributed by atoms with Crippen molar-refractivity contribution in [1.82, 2.24) is 0 Å². The Labute approximate surface area is 140 Å². The second-order valence-electron chi connectivity index (χ2n) is 4.86. The normalized spacial score (nSPS) is 10.6.